The van der Waals surface area contributed by atoms with Crippen molar-refractivity contribution in [3.63, 3.8) is 0 Å². The molecule has 0 heterocycles. The van der Waals surface area contributed by atoms with Gasteiger partial charge < -0.3 is 14.8 Å². The van der Waals surface area contributed by atoms with E-state index in [1.165, 1.54) is 5.56 Å². The molecule has 19 heavy (non-hydrogen) atoms. The first-order valence-corrected chi connectivity index (χ1v) is 7.08. The van der Waals surface area contributed by atoms with Crippen molar-refractivity contribution < 1.29 is 9.47 Å². The second-order valence-corrected chi connectivity index (χ2v) is 5.25. The topological polar surface area (TPSA) is 30.5 Å². The van der Waals surface area contributed by atoms with E-state index in [2.05, 4.69) is 38.2 Å². The summed E-state index contributed by atoms with van der Waals surface area (Å²) < 4.78 is 10.8. The zero-order valence-corrected chi connectivity index (χ0v) is 12.6. The van der Waals surface area contributed by atoms with Gasteiger partial charge in [-0.05, 0) is 37.0 Å². The minimum atomic E-state index is 0.309. The molecule has 0 aliphatic rings. The normalized spacial score (nSPS) is 12.7. The van der Waals surface area contributed by atoms with E-state index >= 15 is 0 Å². The fourth-order valence-corrected chi connectivity index (χ4v) is 1.80. The molecule has 1 aromatic carbocycles. The summed E-state index contributed by atoms with van der Waals surface area (Å²) in [5.41, 5.74) is 1.24. The lowest BCUT2D eigenvalue weighted by Gasteiger charge is -2.15. The van der Waals surface area contributed by atoms with Crippen LogP contribution in [-0.2, 0) is 4.74 Å². The third-order valence-corrected chi connectivity index (χ3v) is 3.13. The lowest BCUT2D eigenvalue weighted by molar-refractivity contribution is 0.123. The van der Waals surface area contributed by atoms with Crippen molar-refractivity contribution >= 4 is 0 Å². The zero-order chi connectivity index (χ0) is 14.1. The van der Waals surface area contributed by atoms with E-state index < -0.39 is 0 Å². The third-order valence-electron chi connectivity index (χ3n) is 3.13. The first kappa shape index (κ1) is 16.0. The van der Waals surface area contributed by atoms with Crippen molar-refractivity contribution in [1.29, 1.82) is 0 Å². The van der Waals surface area contributed by atoms with Crippen LogP contribution in [0.4, 0.5) is 0 Å². The number of hydrogen-bond acceptors (Lipinski definition) is 3. The van der Waals surface area contributed by atoms with Gasteiger partial charge in [-0.3, -0.25) is 0 Å². The van der Waals surface area contributed by atoms with E-state index in [1.807, 2.05) is 12.1 Å². The van der Waals surface area contributed by atoms with Crippen LogP contribution in [0.15, 0.2) is 24.3 Å². The summed E-state index contributed by atoms with van der Waals surface area (Å²) in [7, 11) is 1.69. The molecule has 0 aliphatic carbocycles. The van der Waals surface area contributed by atoms with Crippen LogP contribution in [0.3, 0.4) is 0 Å². The molecule has 0 unspecified atom stereocenters. The van der Waals surface area contributed by atoms with Crippen LogP contribution in [0.2, 0.25) is 0 Å². The van der Waals surface area contributed by atoms with Gasteiger partial charge in [-0.2, -0.15) is 0 Å². The Kier molecular flexibility index (Phi) is 7.53. The van der Waals surface area contributed by atoms with Crippen molar-refractivity contribution in [2.45, 2.75) is 33.2 Å². The molecule has 0 aliphatic heterocycles. The number of ether oxygens (including phenoxy) is 2. The Labute approximate surface area is 117 Å². The molecule has 1 rings (SSSR count). The summed E-state index contributed by atoms with van der Waals surface area (Å²) in [6.07, 6.45) is 1.13. The maximum Gasteiger partial charge on any atom is 0.119 e. The van der Waals surface area contributed by atoms with Crippen LogP contribution in [0.25, 0.3) is 0 Å². The summed E-state index contributed by atoms with van der Waals surface area (Å²) in [5, 5.41) is 3.46. The number of hydrogen-bond donors (Lipinski definition) is 1. The maximum absolute atomic E-state index is 5.59. The lowest BCUT2D eigenvalue weighted by atomic mass is 10.1. The minimum Gasteiger partial charge on any atom is -0.497 e. The molecule has 3 nitrogen and oxygen atoms in total. The third kappa shape index (κ3) is 6.60. The van der Waals surface area contributed by atoms with Gasteiger partial charge in [0, 0.05) is 19.2 Å². The molecule has 3 heteroatoms. The standard InChI is InChI=1S/C16H27NO2/c1-13(2)8-10-19-11-9-17-14(3)15-6-5-7-16(12-15)18-4/h5-7,12-14,17H,8-11H2,1-4H3/t14-/m1/s1. The molecule has 0 spiro atoms. The fourth-order valence-electron chi connectivity index (χ4n) is 1.80. The van der Waals surface area contributed by atoms with Gasteiger partial charge in [-0.15, -0.1) is 0 Å². The van der Waals surface area contributed by atoms with Gasteiger partial charge in [0.15, 0.2) is 0 Å². The van der Waals surface area contributed by atoms with E-state index in [4.69, 9.17) is 9.47 Å². The molecule has 0 saturated carbocycles. The number of rotatable bonds is 9. The van der Waals surface area contributed by atoms with Crippen molar-refractivity contribution in [1.82, 2.24) is 5.32 Å². The molecule has 108 valence electrons. The molecule has 0 amide bonds. The predicted octanol–water partition coefficient (Wildman–Crippen LogP) is 3.41. The first-order valence-electron chi connectivity index (χ1n) is 7.08. The second-order valence-electron chi connectivity index (χ2n) is 5.25. The lowest BCUT2D eigenvalue weighted by Crippen LogP contribution is -2.23. The van der Waals surface area contributed by atoms with Gasteiger partial charge in [-0.1, -0.05) is 26.0 Å². The molecule has 0 fully saturated rings. The summed E-state index contributed by atoms with van der Waals surface area (Å²) >= 11 is 0. The molecule has 0 saturated heterocycles. The van der Waals surface area contributed by atoms with Crippen LogP contribution in [-0.4, -0.2) is 26.9 Å². The zero-order valence-electron chi connectivity index (χ0n) is 12.6. The van der Waals surface area contributed by atoms with E-state index in [-0.39, 0.29) is 0 Å². The highest BCUT2D eigenvalue weighted by Gasteiger charge is 2.05. The van der Waals surface area contributed by atoms with Crippen molar-refractivity contribution in [2.24, 2.45) is 5.92 Å². The van der Waals surface area contributed by atoms with E-state index in [0.29, 0.717) is 12.0 Å². The van der Waals surface area contributed by atoms with Gasteiger partial charge in [0.1, 0.15) is 5.75 Å². The number of benzene rings is 1. The molecule has 0 bridgehead atoms. The smallest absolute Gasteiger partial charge is 0.119 e. The Hall–Kier alpha value is -1.06. The summed E-state index contributed by atoms with van der Waals surface area (Å²) in [6.45, 7) is 9.08. The number of nitrogens with one attached hydrogen (secondary N) is 1. The highest BCUT2D eigenvalue weighted by Crippen LogP contribution is 2.18. The monoisotopic (exact) mass is 265 g/mol. The number of methoxy groups -OCH3 is 1. The minimum absolute atomic E-state index is 0.309. The van der Waals surface area contributed by atoms with Crippen molar-refractivity contribution in [3.05, 3.63) is 29.8 Å². The summed E-state index contributed by atoms with van der Waals surface area (Å²) in [6, 6.07) is 8.47. The highest BCUT2D eigenvalue weighted by molar-refractivity contribution is 5.30. The van der Waals surface area contributed by atoms with E-state index in [1.54, 1.807) is 7.11 Å². The van der Waals surface area contributed by atoms with Gasteiger partial charge >= 0.3 is 0 Å². The summed E-state index contributed by atoms with van der Waals surface area (Å²) in [4.78, 5) is 0. The average Bonchev–Trinajstić information content (AvgIpc) is 2.42. The van der Waals surface area contributed by atoms with Gasteiger partial charge in [0.05, 0.1) is 13.7 Å². The highest BCUT2D eigenvalue weighted by atomic mass is 16.5. The Morgan fingerprint density at radius 3 is 2.63 bits per heavy atom. The van der Waals surface area contributed by atoms with Gasteiger partial charge in [0.2, 0.25) is 0 Å². The van der Waals surface area contributed by atoms with Crippen LogP contribution in [0, 0.1) is 5.92 Å². The van der Waals surface area contributed by atoms with E-state index in [0.717, 1.165) is 31.9 Å². The van der Waals surface area contributed by atoms with Crippen molar-refractivity contribution in [2.75, 3.05) is 26.9 Å². The average molecular weight is 265 g/mol. The molecule has 1 N–H and O–H groups in total. The van der Waals surface area contributed by atoms with E-state index in [9.17, 15) is 0 Å². The largest absolute Gasteiger partial charge is 0.497 e. The molecule has 0 radical (unpaired) electrons. The van der Waals surface area contributed by atoms with Gasteiger partial charge in [-0.25, -0.2) is 0 Å². The van der Waals surface area contributed by atoms with Crippen LogP contribution in [0.5, 0.6) is 5.75 Å². The Morgan fingerprint density at radius 2 is 1.95 bits per heavy atom. The molecule has 1 atom stereocenters. The fraction of sp³-hybridized carbons (Fsp3) is 0.625. The predicted molar refractivity (Wildman–Crippen MR) is 79.7 cm³/mol. The molecular weight excluding hydrogens is 238 g/mol. The van der Waals surface area contributed by atoms with Crippen LogP contribution < -0.4 is 10.1 Å². The second kappa shape index (κ2) is 8.94. The Balaban J connectivity index is 2.21. The van der Waals surface area contributed by atoms with Crippen LogP contribution >= 0.6 is 0 Å². The SMILES string of the molecule is COc1cccc([C@@H](C)NCCOCCC(C)C)c1. The molecule has 1 aromatic rings. The summed E-state index contributed by atoms with van der Waals surface area (Å²) in [5.74, 6) is 1.61. The van der Waals surface area contributed by atoms with Crippen LogP contribution in [0.1, 0.15) is 38.8 Å². The van der Waals surface area contributed by atoms with Gasteiger partial charge in [0.25, 0.3) is 0 Å². The Bertz CT molecular complexity index is 352. The molecule has 0 aromatic heterocycles. The quantitative estimate of drug-likeness (QED) is 0.694. The Morgan fingerprint density at radius 1 is 1.16 bits per heavy atom. The molecular formula is C16H27NO2. The first-order chi connectivity index (χ1) is 9.13. The maximum atomic E-state index is 5.59. The van der Waals surface area contributed by atoms with Crippen molar-refractivity contribution in [3.8, 4) is 5.75 Å².